The topological polar surface area (TPSA) is 73.9 Å². The molecule has 0 bridgehead atoms. The highest BCUT2D eigenvalue weighted by Gasteiger charge is 2.28. The molecular weight excluding hydrogens is 334 g/mol. The molecule has 0 saturated heterocycles. The first-order chi connectivity index (χ1) is 12.5. The number of carbonyl (C=O) groups is 2. The minimum absolute atomic E-state index is 0.149. The van der Waals surface area contributed by atoms with Gasteiger partial charge in [-0.15, -0.1) is 0 Å². The lowest BCUT2D eigenvalue weighted by molar-refractivity contribution is -0.125. The second kappa shape index (κ2) is 9.46. The number of carbonyl (C=O) groups excluding carboxylic acids is 2. The first-order valence-corrected chi connectivity index (χ1v) is 9.23. The minimum atomic E-state index is -0.561. The summed E-state index contributed by atoms with van der Waals surface area (Å²) in [6.07, 6.45) is 3.28. The van der Waals surface area contributed by atoms with Crippen molar-refractivity contribution in [2.75, 3.05) is 20.3 Å². The van der Waals surface area contributed by atoms with Gasteiger partial charge in [-0.3, -0.25) is 4.79 Å². The maximum atomic E-state index is 12.2. The van der Waals surface area contributed by atoms with Gasteiger partial charge >= 0.3 is 5.97 Å². The molecule has 0 spiro atoms. The molecule has 1 aromatic rings. The fourth-order valence-corrected chi connectivity index (χ4v) is 3.32. The van der Waals surface area contributed by atoms with Crippen LogP contribution in [-0.2, 0) is 9.53 Å². The van der Waals surface area contributed by atoms with E-state index in [1.54, 1.807) is 18.2 Å². The molecule has 26 heavy (non-hydrogen) atoms. The van der Waals surface area contributed by atoms with Gasteiger partial charge < -0.3 is 19.5 Å². The standard InChI is InChI=1S/C20H29NO5/c1-5-25-18-11-15(9-10-17(18)24-4)20(23)26-12-19(22)21-16-8-6-7-13(2)14(16)3/h9-11,13-14,16H,5-8,12H2,1-4H3,(H,21,22)/t13-,14+,16-/m1/s1. The Bertz CT molecular complexity index is 631. The summed E-state index contributed by atoms with van der Waals surface area (Å²) < 4.78 is 15.8. The molecule has 3 atom stereocenters. The molecule has 2 rings (SSSR count). The molecule has 0 unspecified atom stereocenters. The number of hydrogen-bond acceptors (Lipinski definition) is 5. The van der Waals surface area contributed by atoms with Gasteiger partial charge in [0.1, 0.15) is 0 Å². The Hall–Kier alpha value is -2.24. The molecule has 1 aromatic carbocycles. The summed E-state index contributed by atoms with van der Waals surface area (Å²) in [5, 5.41) is 2.99. The maximum absolute atomic E-state index is 12.2. The van der Waals surface area contributed by atoms with Crippen LogP contribution in [0.5, 0.6) is 11.5 Å². The fraction of sp³-hybridized carbons (Fsp3) is 0.600. The van der Waals surface area contributed by atoms with E-state index < -0.39 is 5.97 Å². The van der Waals surface area contributed by atoms with Crippen molar-refractivity contribution in [1.82, 2.24) is 5.32 Å². The Morgan fingerprint density at radius 3 is 2.65 bits per heavy atom. The number of rotatable bonds is 7. The monoisotopic (exact) mass is 363 g/mol. The van der Waals surface area contributed by atoms with Crippen molar-refractivity contribution in [3.8, 4) is 11.5 Å². The van der Waals surface area contributed by atoms with Crippen LogP contribution in [0.15, 0.2) is 18.2 Å². The summed E-state index contributed by atoms with van der Waals surface area (Å²) in [5.41, 5.74) is 0.321. The molecular formula is C20H29NO5. The summed E-state index contributed by atoms with van der Waals surface area (Å²) in [7, 11) is 1.54. The first-order valence-electron chi connectivity index (χ1n) is 9.23. The molecule has 1 amide bonds. The van der Waals surface area contributed by atoms with Crippen LogP contribution in [0.2, 0.25) is 0 Å². The highest BCUT2D eigenvalue weighted by atomic mass is 16.5. The van der Waals surface area contributed by atoms with Gasteiger partial charge in [0, 0.05) is 6.04 Å². The lowest BCUT2D eigenvalue weighted by Gasteiger charge is -2.34. The molecule has 0 radical (unpaired) electrons. The van der Waals surface area contributed by atoms with Crippen LogP contribution in [0.3, 0.4) is 0 Å². The largest absolute Gasteiger partial charge is 0.493 e. The van der Waals surface area contributed by atoms with Crippen molar-refractivity contribution in [3.63, 3.8) is 0 Å². The average molecular weight is 363 g/mol. The highest BCUT2D eigenvalue weighted by Crippen LogP contribution is 2.30. The van der Waals surface area contributed by atoms with Gasteiger partial charge in [-0.1, -0.05) is 26.7 Å². The number of esters is 1. The van der Waals surface area contributed by atoms with Gasteiger partial charge in [0.15, 0.2) is 18.1 Å². The number of ether oxygens (including phenoxy) is 3. The second-order valence-electron chi connectivity index (χ2n) is 6.82. The summed E-state index contributed by atoms with van der Waals surface area (Å²) >= 11 is 0. The average Bonchev–Trinajstić information content (AvgIpc) is 2.63. The third-order valence-electron chi connectivity index (χ3n) is 5.09. The zero-order valence-corrected chi connectivity index (χ0v) is 16.0. The van der Waals surface area contributed by atoms with Crippen LogP contribution in [0.25, 0.3) is 0 Å². The third-order valence-corrected chi connectivity index (χ3v) is 5.09. The van der Waals surface area contributed by atoms with E-state index in [2.05, 4.69) is 19.2 Å². The Morgan fingerprint density at radius 1 is 1.19 bits per heavy atom. The minimum Gasteiger partial charge on any atom is -0.493 e. The van der Waals surface area contributed by atoms with Crippen LogP contribution < -0.4 is 14.8 Å². The predicted octanol–water partition coefficient (Wildman–Crippen LogP) is 3.19. The van der Waals surface area contributed by atoms with Crippen molar-refractivity contribution in [2.45, 2.75) is 46.1 Å². The van der Waals surface area contributed by atoms with Gasteiger partial charge in [-0.05, 0) is 43.4 Å². The van der Waals surface area contributed by atoms with E-state index >= 15 is 0 Å². The summed E-state index contributed by atoms with van der Waals surface area (Å²) in [6, 6.07) is 4.95. The van der Waals surface area contributed by atoms with E-state index in [1.165, 1.54) is 13.5 Å². The first kappa shape index (κ1) is 20.1. The molecule has 144 valence electrons. The fourth-order valence-electron chi connectivity index (χ4n) is 3.32. The number of methoxy groups -OCH3 is 1. The van der Waals surface area contributed by atoms with Gasteiger partial charge in [-0.25, -0.2) is 4.79 Å². The molecule has 1 aliphatic rings. The molecule has 1 fully saturated rings. The zero-order chi connectivity index (χ0) is 19.1. The van der Waals surface area contributed by atoms with E-state index in [4.69, 9.17) is 14.2 Å². The maximum Gasteiger partial charge on any atom is 0.338 e. The van der Waals surface area contributed by atoms with Crippen molar-refractivity contribution < 1.29 is 23.8 Å². The molecule has 1 saturated carbocycles. The quantitative estimate of drug-likeness (QED) is 0.753. The van der Waals surface area contributed by atoms with Gasteiger partial charge in [-0.2, -0.15) is 0 Å². The van der Waals surface area contributed by atoms with E-state index in [0.29, 0.717) is 35.5 Å². The summed E-state index contributed by atoms with van der Waals surface area (Å²) in [6.45, 7) is 6.39. The number of benzene rings is 1. The lowest BCUT2D eigenvalue weighted by atomic mass is 9.78. The molecule has 1 aliphatic carbocycles. The normalized spacial score (nSPS) is 22.4. The second-order valence-corrected chi connectivity index (χ2v) is 6.82. The van der Waals surface area contributed by atoms with Crippen molar-refractivity contribution in [2.24, 2.45) is 11.8 Å². The Balaban J connectivity index is 1.89. The van der Waals surface area contributed by atoms with E-state index in [-0.39, 0.29) is 18.6 Å². The number of amides is 1. The van der Waals surface area contributed by atoms with Crippen LogP contribution >= 0.6 is 0 Å². The van der Waals surface area contributed by atoms with Gasteiger partial charge in [0.25, 0.3) is 5.91 Å². The van der Waals surface area contributed by atoms with Crippen LogP contribution in [0.4, 0.5) is 0 Å². The molecule has 0 aromatic heterocycles. The van der Waals surface area contributed by atoms with Crippen molar-refractivity contribution >= 4 is 11.9 Å². The Morgan fingerprint density at radius 2 is 1.96 bits per heavy atom. The van der Waals surface area contributed by atoms with Crippen molar-refractivity contribution in [3.05, 3.63) is 23.8 Å². The Kier molecular flexibility index (Phi) is 7.30. The zero-order valence-electron chi connectivity index (χ0n) is 16.0. The van der Waals surface area contributed by atoms with E-state index in [0.717, 1.165) is 12.8 Å². The molecule has 6 nitrogen and oxygen atoms in total. The Labute approximate surface area is 155 Å². The smallest absolute Gasteiger partial charge is 0.338 e. The summed E-state index contributed by atoms with van der Waals surface area (Å²) in [4.78, 5) is 24.4. The lowest BCUT2D eigenvalue weighted by Crippen LogP contribution is -2.45. The van der Waals surface area contributed by atoms with Crippen LogP contribution in [0.1, 0.15) is 50.4 Å². The predicted molar refractivity (Wildman–Crippen MR) is 98.6 cm³/mol. The molecule has 0 heterocycles. The van der Waals surface area contributed by atoms with E-state index in [1.807, 2.05) is 6.92 Å². The van der Waals surface area contributed by atoms with Crippen molar-refractivity contribution in [1.29, 1.82) is 0 Å². The molecule has 0 aliphatic heterocycles. The molecule has 1 N–H and O–H groups in total. The SMILES string of the molecule is CCOc1cc(C(=O)OCC(=O)N[C@@H]2CCC[C@@H](C)[C@@H]2C)ccc1OC. The van der Waals surface area contributed by atoms with Gasteiger partial charge in [0.2, 0.25) is 0 Å². The number of hydrogen-bond donors (Lipinski definition) is 1. The van der Waals surface area contributed by atoms with Crippen LogP contribution in [0, 0.1) is 11.8 Å². The van der Waals surface area contributed by atoms with Crippen LogP contribution in [-0.4, -0.2) is 38.2 Å². The number of nitrogens with one attached hydrogen (secondary N) is 1. The van der Waals surface area contributed by atoms with Gasteiger partial charge in [0.05, 0.1) is 19.3 Å². The third kappa shape index (κ3) is 5.13. The highest BCUT2D eigenvalue weighted by molar-refractivity contribution is 5.92. The van der Waals surface area contributed by atoms with E-state index in [9.17, 15) is 9.59 Å². The summed E-state index contributed by atoms with van der Waals surface area (Å²) in [5.74, 6) is 1.21. The molecule has 6 heteroatoms.